The minimum Gasteiger partial charge on any atom is -0.356 e. The maximum atomic E-state index is 12.5. The zero-order valence-corrected chi connectivity index (χ0v) is 12.5. The van der Waals surface area contributed by atoms with Crippen LogP contribution in [0.25, 0.3) is 0 Å². The predicted molar refractivity (Wildman–Crippen MR) is 76.3 cm³/mol. The summed E-state index contributed by atoms with van der Waals surface area (Å²) in [4.78, 5) is 18.7. The normalized spacial score (nSPS) is 16.5. The molecule has 0 bridgehead atoms. The third-order valence-corrected chi connectivity index (χ3v) is 4.01. The number of carbonyl (C=O) groups excluding carboxylic acids is 1. The van der Waals surface area contributed by atoms with E-state index >= 15 is 0 Å². The van der Waals surface area contributed by atoms with Gasteiger partial charge in [0.1, 0.15) is 5.69 Å². The standard InChI is InChI=1S/C14H24N4O/c1-10(14(2,3)4)17(5)12(19)11-9-18-8-6-7-15-13(18)16-11/h9-10H,6-8H2,1-5H3,(H,15,16). The van der Waals surface area contributed by atoms with Crippen molar-refractivity contribution >= 4 is 11.9 Å². The topological polar surface area (TPSA) is 50.2 Å². The number of hydrogen-bond donors (Lipinski definition) is 1. The van der Waals surface area contributed by atoms with Crippen molar-refractivity contribution in [1.29, 1.82) is 0 Å². The quantitative estimate of drug-likeness (QED) is 0.891. The lowest BCUT2D eigenvalue weighted by Crippen LogP contribution is -2.43. The smallest absolute Gasteiger partial charge is 0.274 e. The number of carbonyl (C=O) groups is 1. The molecular formula is C14H24N4O. The molecule has 1 aliphatic heterocycles. The van der Waals surface area contributed by atoms with Crippen LogP contribution in [0.4, 0.5) is 5.95 Å². The summed E-state index contributed by atoms with van der Waals surface area (Å²) >= 11 is 0. The number of imidazole rings is 1. The number of amides is 1. The maximum Gasteiger partial charge on any atom is 0.274 e. The van der Waals surface area contributed by atoms with Gasteiger partial charge in [0.25, 0.3) is 5.91 Å². The molecule has 5 nitrogen and oxygen atoms in total. The van der Waals surface area contributed by atoms with Gasteiger partial charge in [0, 0.05) is 32.4 Å². The Morgan fingerprint density at radius 1 is 1.53 bits per heavy atom. The van der Waals surface area contributed by atoms with E-state index in [9.17, 15) is 4.79 Å². The highest BCUT2D eigenvalue weighted by molar-refractivity contribution is 5.92. The van der Waals surface area contributed by atoms with E-state index in [-0.39, 0.29) is 17.4 Å². The molecule has 1 unspecified atom stereocenters. The average Bonchev–Trinajstić information content (AvgIpc) is 2.78. The monoisotopic (exact) mass is 264 g/mol. The first-order chi connectivity index (χ1) is 8.80. The summed E-state index contributed by atoms with van der Waals surface area (Å²) in [6.07, 6.45) is 2.93. The van der Waals surface area contributed by atoms with E-state index in [1.165, 1.54) is 0 Å². The number of nitrogens with zero attached hydrogens (tertiary/aromatic N) is 3. The number of nitrogens with one attached hydrogen (secondary N) is 1. The van der Waals surface area contributed by atoms with Crippen molar-refractivity contribution < 1.29 is 4.79 Å². The van der Waals surface area contributed by atoms with E-state index in [1.54, 1.807) is 4.90 Å². The van der Waals surface area contributed by atoms with Crippen molar-refractivity contribution in [3.05, 3.63) is 11.9 Å². The molecule has 1 aromatic heterocycles. The van der Waals surface area contributed by atoms with Crippen LogP contribution in [0.3, 0.4) is 0 Å². The van der Waals surface area contributed by atoms with Gasteiger partial charge in [-0.2, -0.15) is 0 Å². The van der Waals surface area contributed by atoms with E-state index in [0.29, 0.717) is 5.69 Å². The fourth-order valence-corrected chi connectivity index (χ4v) is 2.22. The highest BCUT2D eigenvalue weighted by Crippen LogP contribution is 2.24. The van der Waals surface area contributed by atoms with Gasteiger partial charge in [-0.1, -0.05) is 20.8 Å². The van der Waals surface area contributed by atoms with Crippen molar-refractivity contribution in [3.63, 3.8) is 0 Å². The van der Waals surface area contributed by atoms with Crippen molar-refractivity contribution in [2.45, 2.75) is 46.7 Å². The largest absolute Gasteiger partial charge is 0.356 e. The van der Waals surface area contributed by atoms with Gasteiger partial charge in [-0.3, -0.25) is 4.79 Å². The van der Waals surface area contributed by atoms with Crippen molar-refractivity contribution in [2.75, 3.05) is 18.9 Å². The first-order valence-electron chi connectivity index (χ1n) is 6.89. The first kappa shape index (κ1) is 13.9. The van der Waals surface area contributed by atoms with Gasteiger partial charge < -0.3 is 14.8 Å². The van der Waals surface area contributed by atoms with Gasteiger partial charge in [-0.05, 0) is 18.8 Å². The second-order valence-corrected chi connectivity index (χ2v) is 6.38. The lowest BCUT2D eigenvalue weighted by atomic mass is 9.87. The molecule has 1 atom stereocenters. The molecule has 1 aromatic rings. The Kier molecular flexibility index (Phi) is 3.56. The van der Waals surface area contributed by atoms with Crippen LogP contribution in [0.15, 0.2) is 6.20 Å². The van der Waals surface area contributed by atoms with Crippen LogP contribution in [0.2, 0.25) is 0 Å². The van der Waals surface area contributed by atoms with Crippen LogP contribution < -0.4 is 5.32 Å². The molecule has 0 aliphatic carbocycles. The summed E-state index contributed by atoms with van der Waals surface area (Å²) in [6, 6.07) is 0.159. The number of rotatable bonds is 2. The molecule has 5 heteroatoms. The molecule has 0 aromatic carbocycles. The number of hydrogen-bond acceptors (Lipinski definition) is 3. The Bertz CT molecular complexity index is 449. The Morgan fingerprint density at radius 2 is 2.21 bits per heavy atom. The van der Waals surface area contributed by atoms with Crippen LogP contribution in [-0.2, 0) is 6.54 Å². The van der Waals surface area contributed by atoms with Crippen LogP contribution in [0.5, 0.6) is 0 Å². The van der Waals surface area contributed by atoms with Gasteiger partial charge in [-0.15, -0.1) is 0 Å². The molecule has 0 fully saturated rings. The van der Waals surface area contributed by atoms with E-state index < -0.39 is 0 Å². The predicted octanol–water partition coefficient (Wildman–Crippen LogP) is 2.21. The van der Waals surface area contributed by atoms with Gasteiger partial charge >= 0.3 is 0 Å². The number of anilines is 1. The zero-order valence-electron chi connectivity index (χ0n) is 12.5. The minimum absolute atomic E-state index is 0.00822. The van der Waals surface area contributed by atoms with Gasteiger partial charge in [0.05, 0.1) is 0 Å². The number of aromatic nitrogens is 2. The van der Waals surface area contributed by atoms with Crippen LogP contribution in [0.1, 0.15) is 44.6 Å². The molecule has 19 heavy (non-hydrogen) atoms. The van der Waals surface area contributed by atoms with Gasteiger partial charge in [0.15, 0.2) is 0 Å². The SMILES string of the molecule is CC(N(C)C(=O)c1cn2c(n1)NCCC2)C(C)(C)C. The zero-order chi connectivity index (χ0) is 14.2. The van der Waals surface area contributed by atoms with E-state index in [1.807, 2.05) is 17.8 Å². The number of fused-ring (bicyclic) bond motifs is 1. The van der Waals surface area contributed by atoms with Crippen LogP contribution >= 0.6 is 0 Å². The number of aryl methyl sites for hydroxylation is 1. The summed E-state index contributed by atoms with van der Waals surface area (Å²) in [5.74, 6) is 0.803. The lowest BCUT2D eigenvalue weighted by molar-refractivity contribution is 0.0624. The minimum atomic E-state index is -0.00822. The molecule has 1 N–H and O–H groups in total. The third kappa shape index (κ3) is 2.74. The summed E-state index contributed by atoms with van der Waals surface area (Å²) in [5.41, 5.74) is 0.588. The van der Waals surface area contributed by atoms with Gasteiger partial charge in [-0.25, -0.2) is 4.98 Å². The molecular weight excluding hydrogens is 240 g/mol. The van der Waals surface area contributed by atoms with Crippen LogP contribution in [0, 0.1) is 5.41 Å². The Labute approximate surface area is 115 Å². The summed E-state index contributed by atoms with van der Waals surface area (Å²) in [7, 11) is 1.85. The summed E-state index contributed by atoms with van der Waals surface area (Å²) in [5, 5.41) is 3.22. The lowest BCUT2D eigenvalue weighted by Gasteiger charge is -2.34. The van der Waals surface area contributed by atoms with E-state index in [0.717, 1.165) is 25.5 Å². The Morgan fingerprint density at radius 3 is 2.79 bits per heavy atom. The highest BCUT2D eigenvalue weighted by atomic mass is 16.2. The fourth-order valence-electron chi connectivity index (χ4n) is 2.22. The molecule has 0 radical (unpaired) electrons. The molecule has 0 saturated heterocycles. The average molecular weight is 264 g/mol. The first-order valence-corrected chi connectivity index (χ1v) is 6.89. The van der Waals surface area contributed by atoms with Crippen molar-refractivity contribution in [2.24, 2.45) is 5.41 Å². The Balaban J connectivity index is 2.17. The van der Waals surface area contributed by atoms with Crippen molar-refractivity contribution in [1.82, 2.24) is 14.5 Å². The second-order valence-electron chi connectivity index (χ2n) is 6.38. The third-order valence-electron chi connectivity index (χ3n) is 4.01. The van der Waals surface area contributed by atoms with E-state index in [2.05, 4.69) is 38.0 Å². The fraction of sp³-hybridized carbons (Fsp3) is 0.714. The van der Waals surface area contributed by atoms with E-state index in [4.69, 9.17) is 0 Å². The molecule has 0 spiro atoms. The van der Waals surface area contributed by atoms with Gasteiger partial charge in [0.2, 0.25) is 5.95 Å². The molecule has 2 heterocycles. The highest BCUT2D eigenvalue weighted by Gasteiger charge is 2.29. The molecule has 1 aliphatic rings. The molecule has 1 amide bonds. The van der Waals surface area contributed by atoms with Crippen LogP contribution in [-0.4, -0.2) is 40.0 Å². The molecule has 2 rings (SSSR count). The summed E-state index contributed by atoms with van der Waals surface area (Å²) < 4.78 is 2.02. The Hall–Kier alpha value is -1.52. The molecule has 106 valence electrons. The maximum absolute atomic E-state index is 12.5. The summed E-state index contributed by atoms with van der Waals surface area (Å²) in [6.45, 7) is 10.4. The second kappa shape index (κ2) is 4.87. The molecule has 0 saturated carbocycles. The van der Waals surface area contributed by atoms with Crippen molar-refractivity contribution in [3.8, 4) is 0 Å².